The highest BCUT2D eigenvalue weighted by Gasteiger charge is 2.39. The summed E-state index contributed by atoms with van der Waals surface area (Å²) in [4.78, 5) is 21.6. The molecule has 0 amide bonds. The molecule has 0 saturated carbocycles. The summed E-state index contributed by atoms with van der Waals surface area (Å²) in [6.45, 7) is 0. The summed E-state index contributed by atoms with van der Waals surface area (Å²) in [6, 6.07) is 3.69. The van der Waals surface area contributed by atoms with Gasteiger partial charge in [-0.05, 0) is 18.2 Å². The van der Waals surface area contributed by atoms with Crippen molar-refractivity contribution in [1.82, 2.24) is 24.7 Å². The maximum atomic E-state index is 13.0. The maximum Gasteiger partial charge on any atom is 0.433 e. The average Bonchev–Trinajstić information content (AvgIpc) is 3.19. The molecule has 0 unspecified atom stereocenters. The second-order valence-corrected chi connectivity index (χ2v) is 6.09. The lowest BCUT2D eigenvalue weighted by atomic mass is 10.1. The lowest BCUT2D eigenvalue weighted by Gasteiger charge is -2.11. The highest BCUT2D eigenvalue weighted by Crippen LogP contribution is 2.35. The van der Waals surface area contributed by atoms with Crippen LogP contribution in [0.4, 0.5) is 26.3 Å². The largest absolute Gasteiger partial charge is 0.478 e. The molecule has 0 spiro atoms. The molecule has 0 atom stereocenters. The Labute approximate surface area is 174 Å². The van der Waals surface area contributed by atoms with Gasteiger partial charge in [-0.3, -0.25) is 4.98 Å². The number of carboxylic acids is 1. The third-order valence-electron chi connectivity index (χ3n) is 3.84. The minimum absolute atomic E-state index is 0.0104. The minimum Gasteiger partial charge on any atom is -0.478 e. The van der Waals surface area contributed by atoms with Crippen LogP contribution >= 0.6 is 0 Å². The lowest BCUT2D eigenvalue weighted by Crippen LogP contribution is -2.15. The Morgan fingerprint density at radius 2 is 1.69 bits per heavy atom. The van der Waals surface area contributed by atoms with E-state index in [1.54, 1.807) is 6.07 Å². The molecule has 3 aromatic heterocycles. The number of carbonyl (C=O) groups is 1. The van der Waals surface area contributed by atoms with Crippen molar-refractivity contribution in [3.63, 3.8) is 0 Å². The third-order valence-corrected chi connectivity index (χ3v) is 3.84. The van der Waals surface area contributed by atoms with Gasteiger partial charge in [0.05, 0.1) is 11.1 Å². The first-order chi connectivity index (χ1) is 14.9. The van der Waals surface area contributed by atoms with E-state index >= 15 is 0 Å². The second kappa shape index (κ2) is 8.10. The van der Waals surface area contributed by atoms with Crippen molar-refractivity contribution in [2.75, 3.05) is 0 Å². The van der Waals surface area contributed by atoms with Crippen LogP contribution in [0.3, 0.4) is 0 Å². The van der Waals surface area contributed by atoms with Crippen LogP contribution in [-0.2, 0) is 17.1 Å². The van der Waals surface area contributed by atoms with Gasteiger partial charge in [-0.15, -0.1) is 5.10 Å². The van der Waals surface area contributed by atoms with Crippen LogP contribution in [0, 0.1) is 11.3 Å². The van der Waals surface area contributed by atoms with Crippen LogP contribution in [0.2, 0.25) is 0 Å². The molecule has 3 heterocycles. The quantitative estimate of drug-likeness (QED) is 0.472. The second-order valence-electron chi connectivity index (χ2n) is 6.09. The average molecular weight is 454 g/mol. The van der Waals surface area contributed by atoms with Crippen molar-refractivity contribution in [2.24, 2.45) is 0 Å². The molecule has 0 aliphatic heterocycles. The van der Waals surface area contributed by atoms with Crippen molar-refractivity contribution >= 4 is 17.7 Å². The van der Waals surface area contributed by atoms with E-state index in [0.29, 0.717) is 12.1 Å². The number of carboxylic acid groups (broad SMARTS) is 1. The van der Waals surface area contributed by atoms with E-state index in [4.69, 9.17) is 5.26 Å². The zero-order chi connectivity index (χ0) is 23.7. The molecule has 0 fully saturated rings. The van der Waals surface area contributed by atoms with E-state index in [-0.39, 0.29) is 11.1 Å². The van der Waals surface area contributed by atoms with Gasteiger partial charge < -0.3 is 5.11 Å². The Bertz CT molecular complexity index is 1220. The first kappa shape index (κ1) is 22.4. The molecule has 164 valence electrons. The van der Waals surface area contributed by atoms with Gasteiger partial charge in [0.2, 0.25) is 0 Å². The smallest absolute Gasteiger partial charge is 0.433 e. The Morgan fingerprint density at radius 1 is 1.06 bits per heavy atom. The van der Waals surface area contributed by atoms with E-state index < -0.39 is 46.7 Å². The number of hydrogen-bond donors (Lipinski definition) is 1. The summed E-state index contributed by atoms with van der Waals surface area (Å²) < 4.78 is 78.7. The fourth-order valence-electron chi connectivity index (χ4n) is 2.45. The van der Waals surface area contributed by atoms with Crippen LogP contribution in [0.5, 0.6) is 0 Å². The Kier molecular flexibility index (Phi) is 5.67. The normalized spacial score (nSPS) is 12.5. The SMILES string of the molecule is N#Cc1cncc(/C(=C\n2cnc(-c3cc(C(F)(F)F)nc(C(F)(F)F)c3)n2)C(=O)O)c1. The predicted octanol–water partition coefficient (Wildman–Crippen LogP) is 3.73. The van der Waals surface area contributed by atoms with Gasteiger partial charge in [0.15, 0.2) is 5.82 Å². The molecule has 1 N–H and O–H groups in total. The van der Waals surface area contributed by atoms with Gasteiger partial charge >= 0.3 is 18.3 Å². The molecule has 32 heavy (non-hydrogen) atoms. The van der Waals surface area contributed by atoms with Crippen molar-refractivity contribution in [3.8, 4) is 17.5 Å². The molecule has 3 rings (SSSR count). The van der Waals surface area contributed by atoms with Gasteiger partial charge in [0.25, 0.3) is 0 Å². The minimum atomic E-state index is -5.16. The zero-order valence-electron chi connectivity index (χ0n) is 15.3. The molecule has 0 aliphatic rings. The molecule has 0 saturated heterocycles. The summed E-state index contributed by atoms with van der Waals surface area (Å²) in [7, 11) is 0. The van der Waals surface area contributed by atoms with Crippen molar-refractivity contribution < 1.29 is 36.2 Å². The highest BCUT2D eigenvalue weighted by atomic mass is 19.4. The van der Waals surface area contributed by atoms with Gasteiger partial charge in [-0.1, -0.05) is 0 Å². The van der Waals surface area contributed by atoms with Gasteiger partial charge in [-0.2, -0.15) is 31.6 Å². The Morgan fingerprint density at radius 3 is 2.22 bits per heavy atom. The number of halogens is 6. The van der Waals surface area contributed by atoms with Crippen molar-refractivity contribution in [2.45, 2.75) is 12.4 Å². The number of nitriles is 1. The maximum absolute atomic E-state index is 13.0. The van der Waals surface area contributed by atoms with Gasteiger partial charge in [0.1, 0.15) is 23.8 Å². The van der Waals surface area contributed by atoms with Crippen molar-refractivity contribution in [1.29, 1.82) is 5.26 Å². The fourth-order valence-corrected chi connectivity index (χ4v) is 2.45. The standard InChI is InChI=1S/C18H8F6N6O2/c19-17(20,21)13-2-10(3-14(28-13)18(22,23)24)15-27-8-30(29-15)7-12(16(31)32)11-1-9(4-25)5-26-6-11/h1-3,5-8H,(H,31,32)/b12-7+. The first-order valence-corrected chi connectivity index (χ1v) is 8.27. The van der Waals surface area contributed by atoms with Crippen molar-refractivity contribution in [3.05, 3.63) is 59.4 Å². The molecule has 0 aliphatic carbocycles. The number of alkyl halides is 6. The summed E-state index contributed by atoms with van der Waals surface area (Å²) in [5, 5.41) is 22.1. The summed E-state index contributed by atoms with van der Waals surface area (Å²) in [6.07, 6.45) is -6.18. The fraction of sp³-hybridized carbons (Fsp3) is 0.111. The number of aliphatic carboxylic acids is 1. The Balaban J connectivity index is 2.08. The molecule has 3 aromatic rings. The molecule has 14 heteroatoms. The summed E-state index contributed by atoms with van der Waals surface area (Å²) in [5.74, 6) is -1.99. The first-order valence-electron chi connectivity index (χ1n) is 8.27. The van der Waals surface area contributed by atoms with Crippen LogP contribution in [-0.4, -0.2) is 35.8 Å². The van der Waals surface area contributed by atoms with E-state index in [1.165, 1.54) is 12.3 Å². The molecular weight excluding hydrogens is 446 g/mol. The van der Waals surface area contributed by atoms with E-state index in [0.717, 1.165) is 23.4 Å². The third kappa shape index (κ3) is 4.89. The molecule has 0 radical (unpaired) electrons. The zero-order valence-corrected chi connectivity index (χ0v) is 15.3. The number of rotatable bonds is 4. The molecule has 0 aromatic carbocycles. The number of nitrogens with zero attached hydrogens (tertiary/aromatic N) is 6. The number of hydrogen-bond acceptors (Lipinski definition) is 6. The summed E-state index contributed by atoms with van der Waals surface area (Å²) >= 11 is 0. The predicted molar refractivity (Wildman–Crippen MR) is 94.0 cm³/mol. The van der Waals surface area contributed by atoms with Crippen LogP contribution in [0.1, 0.15) is 22.5 Å². The number of pyridine rings is 2. The van der Waals surface area contributed by atoms with Gasteiger partial charge in [-0.25, -0.2) is 19.4 Å². The Hall–Kier alpha value is -4.28. The van der Waals surface area contributed by atoms with Crippen LogP contribution in [0.25, 0.3) is 23.2 Å². The van der Waals surface area contributed by atoms with Crippen LogP contribution in [0.15, 0.2) is 36.9 Å². The topological polar surface area (TPSA) is 118 Å². The van der Waals surface area contributed by atoms with Gasteiger partial charge in [0, 0.05) is 29.7 Å². The highest BCUT2D eigenvalue weighted by molar-refractivity contribution is 6.19. The monoisotopic (exact) mass is 454 g/mol. The van der Waals surface area contributed by atoms with E-state index in [9.17, 15) is 36.2 Å². The lowest BCUT2D eigenvalue weighted by molar-refractivity contribution is -0.150. The number of aromatic nitrogens is 5. The van der Waals surface area contributed by atoms with E-state index in [2.05, 4.69) is 20.1 Å². The van der Waals surface area contributed by atoms with Crippen LogP contribution < -0.4 is 0 Å². The summed E-state index contributed by atoms with van der Waals surface area (Å²) in [5.41, 5.74) is -4.55. The molecule has 8 nitrogen and oxygen atoms in total. The molecular formula is C18H8F6N6O2. The van der Waals surface area contributed by atoms with E-state index in [1.807, 2.05) is 0 Å². The molecule has 0 bridgehead atoms.